The number of nitrogens with zero attached hydrogens (tertiary/aromatic N) is 1. The summed E-state index contributed by atoms with van der Waals surface area (Å²) in [5, 5.41) is 3.34. The molecule has 6 nitrogen and oxygen atoms in total. The minimum absolute atomic E-state index is 0.174. The predicted octanol–water partition coefficient (Wildman–Crippen LogP) is 6.78. The van der Waals surface area contributed by atoms with E-state index in [9.17, 15) is 9.59 Å². The van der Waals surface area contributed by atoms with E-state index in [1.54, 1.807) is 41.3 Å². The molecule has 2 amide bonds. The van der Waals surface area contributed by atoms with Crippen LogP contribution in [0.2, 0.25) is 5.02 Å². The van der Waals surface area contributed by atoms with Crippen LogP contribution in [0.4, 0.5) is 11.4 Å². The van der Waals surface area contributed by atoms with E-state index >= 15 is 0 Å². The van der Waals surface area contributed by atoms with Crippen molar-refractivity contribution < 1.29 is 19.1 Å². The van der Waals surface area contributed by atoms with Gasteiger partial charge in [0.2, 0.25) is 0 Å². The lowest BCUT2D eigenvalue weighted by atomic mass is 10.1. The van der Waals surface area contributed by atoms with Crippen LogP contribution in [-0.4, -0.2) is 29.3 Å². The van der Waals surface area contributed by atoms with Crippen LogP contribution in [0.25, 0.3) is 6.08 Å². The maximum absolute atomic E-state index is 13.1. The summed E-state index contributed by atoms with van der Waals surface area (Å²) < 4.78 is 12.0. The van der Waals surface area contributed by atoms with Crippen LogP contribution in [0.3, 0.4) is 0 Å². The number of hydrogen-bond acceptors (Lipinski definition) is 6. The second kappa shape index (κ2) is 11.8. The largest absolute Gasteiger partial charge is 0.490 e. The molecule has 1 aliphatic heterocycles. The molecule has 1 saturated heterocycles. The monoisotopic (exact) mass is 552 g/mol. The van der Waals surface area contributed by atoms with Crippen LogP contribution in [0.5, 0.6) is 11.5 Å². The van der Waals surface area contributed by atoms with E-state index in [2.05, 4.69) is 5.32 Å². The first-order chi connectivity index (χ1) is 17.7. The van der Waals surface area contributed by atoms with Crippen molar-refractivity contribution in [3.63, 3.8) is 0 Å². The van der Waals surface area contributed by atoms with Gasteiger partial charge < -0.3 is 14.8 Å². The Balaban J connectivity index is 1.47. The maximum atomic E-state index is 13.1. The molecule has 1 heterocycles. The molecule has 3 aromatic carbocycles. The number of aryl methyl sites for hydroxylation is 2. The second-order valence-electron chi connectivity index (χ2n) is 8.30. The fourth-order valence-electron chi connectivity index (χ4n) is 3.62. The Kier molecular flexibility index (Phi) is 8.53. The fourth-order valence-corrected chi connectivity index (χ4v) is 5.10. The molecule has 37 heavy (non-hydrogen) atoms. The molecular weight excluding hydrogens is 528 g/mol. The van der Waals surface area contributed by atoms with Gasteiger partial charge in [0, 0.05) is 10.7 Å². The third-order valence-corrected chi connectivity index (χ3v) is 7.14. The topological polar surface area (TPSA) is 67.9 Å². The number of thiocarbonyl (C=S) groups is 1. The number of anilines is 2. The number of rotatable bonds is 8. The first kappa shape index (κ1) is 26.7. The van der Waals surface area contributed by atoms with Crippen LogP contribution in [0.15, 0.2) is 65.6 Å². The quantitative estimate of drug-likeness (QED) is 0.245. The normalized spacial score (nSPS) is 14.3. The Labute approximate surface area is 230 Å². The number of ether oxygens (including phenoxy) is 2. The standard InChI is InChI=1S/C28H25ClN2O4S2/c1-4-34-24-13-19(14-25-27(33)31(28(36)37-25)21-7-5-6-17(2)12-21)9-11-23(24)35-16-26(32)30-20-10-8-18(3)22(29)15-20/h5-15H,4,16H2,1-3H3,(H,30,32)/b25-14-. The average molecular weight is 553 g/mol. The Morgan fingerprint density at radius 2 is 1.89 bits per heavy atom. The molecule has 0 saturated carbocycles. The number of amides is 2. The molecule has 1 fully saturated rings. The third kappa shape index (κ3) is 6.52. The van der Waals surface area contributed by atoms with Gasteiger partial charge in [0.15, 0.2) is 22.4 Å². The second-order valence-corrected chi connectivity index (χ2v) is 10.4. The molecule has 1 N–H and O–H groups in total. The van der Waals surface area contributed by atoms with Crippen molar-refractivity contribution in [3.05, 3.63) is 87.3 Å². The molecule has 3 aromatic rings. The molecule has 0 bridgehead atoms. The summed E-state index contributed by atoms with van der Waals surface area (Å²) in [6.07, 6.45) is 1.77. The molecule has 4 rings (SSSR count). The van der Waals surface area contributed by atoms with Crippen LogP contribution in [0.1, 0.15) is 23.6 Å². The SMILES string of the molecule is CCOc1cc(/C=C2\SC(=S)N(c3cccc(C)c3)C2=O)ccc1OCC(=O)Nc1ccc(C)c(Cl)c1. The zero-order valence-corrected chi connectivity index (χ0v) is 22.9. The van der Waals surface area contributed by atoms with Gasteiger partial charge in [-0.15, -0.1) is 0 Å². The van der Waals surface area contributed by atoms with E-state index in [4.69, 9.17) is 33.3 Å². The van der Waals surface area contributed by atoms with E-state index in [1.807, 2.05) is 51.1 Å². The van der Waals surface area contributed by atoms with Gasteiger partial charge in [-0.1, -0.05) is 59.8 Å². The van der Waals surface area contributed by atoms with Crippen molar-refractivity contribution in [1.29, 1.82) is 0 Å². The lowest BCUT2D eigenvalue weighted by Crippen LogP contribution is -2.27. The molecule has 0 atom stereocenters. The highest BCUT2D eigenvalue weighted by Gasteiger charge is 2.33. The van der Waals surface area contributed by atoms with Crippen molar-refractivity contribution in [2.75, 3.05) is 23.4 Å². The zero-order valence-electron chi connectivity index (χ0n) is 20.5. The molecular formula is C28H25ClN2O4S2. The predicted molar refractivity (Wildman–Crippen MR) is 155 cm³/mol. The number of hydrogen-bond donors (Lipinski definition) is 1. The number of nitrogens with one attached hydrogen (secondary N) is 1. The number of benzene rings is 3. The average Bonchev–Trinajstić information content (AvgIpc) is 3.13. The van der Waals surface area contributed by atoms with Crippen LogP contribution >= 0.6 is 35.6 Å². The summed E-state index contributed by atoms with van der Waals surface area (Å²) in [6.45, 7) is 5.92. The molecule has 0 unspecified atom stereocenters. The van der Waals surface area contributed by atoms with Gasteiger partial charge in [-0.3, -0.25) is 14.5 Å². The lowest BCUT2D eigenvalue weighted by Gasteiger charge is -2.15. The Bertz CT molecular complexity index is 1410. The first-order valence-corrected chi connectivity index (χ1v) is 13.2. The van der Waals surface area contributed by atoms with E-state index in [1.165, 1.54) is 11.8 Å². The highest BCUT2D eigenvalue weighted by atomic mass is 35.5. The van der Waals surface area contributed by atoms with E-state index in [-0.39, 0.29) is 18.4 Å². The van der Waals surface area contributed by atoms with Gasteiger partial charge in [-0.2, -0.15) is 0 Å². The summed E-state index contributed by atoms with van der Waals surface area (Å²) in [6, 6.07) is 18.3. The highest BCUT2D eigenvalue weighted by Crippen LogP contribution is 2.37. The van der Waals surface area contributed by atoms with Gasteiger partial charge in [-0.05, 0) is 79.9 Å². The van der Waals surface area contributed by atoms with Crippen molar-refractivity contribution in [2.45, 2.75) is 20.8 Å². The van der Waals surface area contributed by atoms with Gasteiger partial charge in [-0.25, -0.2) is 0 Å². The van der Waals surface area contributed by atoms with Crippen molar-refractivity contribution in [2.24, 2.45) is 0 Å². The van der Waals surface area contributed by atoms with Gasteiger partial charge >= 0.3 is 0 Å². The van der Waals surface area contributed by atoms with E-state index in [0.717, 1.165) is 22.4 Å². The minimum Gasteiger partial charge on any atom is -0.490 e. The number of carbonyl (C=O) groups is 2. The molecule has 9 heteroatoms. The zero-order chi connectivity index (χ0) is 26.5. The number of thioether (sulfide) groups is 1. The molecule has 190 valence electrons. The maximum Gasteiger partial charge on any atom is 0.270 e. The first-order valence-electron chi connectivity index (χ1n) is 11.6. The lowest BCUT2D eigenvalue weighted by molar-refractivity contribution is -0.118. The van der Waals surface area contributed by atoms with Crippen LogP contribution in [-0.2, 0) is 9.59 Å². The molecule has 0 aliphatic carbocycles. The smallest absolute Gasteiger partial charge is 0.270 e. The Morgan fingerprint density at radius 3 is 2.62 bits per heavy atom. The van der Waals surface area contributed by atoms with Crippen molar-refractivity contribution in [1.82, 2.24) is 0 Å². The van der Waals surface area contributed by atoms with Gasteiger partial charge in [0.25, 0.3) is 11.8 Å². The van der Waals surface area contributed by atoms with Crippen molar-refractivity contribution >= 4 is 69.2 Å². The van der Waals surface area contributed by atoms with Crippen molar-refractivity contribution in [3.8, 4) is 11.5 Å². The minimum atomic E-state index is -0.328. The number of halogens is 1. The molecule has 0 spiro atoms. The Morgan fingerprint density at radius 1 is 1.08 bits per heavy atom. The molecule has 1 aliphatic rings. The summed E-state index contributed by atoms with van der Waals surface area (Å²) >= 11 is 12.9. The molecule has 0 radical (unpaired) electrons. The summed E-state index contributed by atoms with van der Waals surface area (Å²) in [5.41, 5.74) is 4.06. The van der Waals surface area contributed by atoms with Crippen LogP contribution in [0, 0.1) is 13.8 Å². The van der Waals surface area contributed by atoms with E-state index in [0.29, 0.717) is 38.0 Å². The highest BCUT2D eigenvalue weighted by molar-refractivity contribution is 8.27. The summed E-state index contributed by atoms with van der Waals surface area (Å²) in [7, 11) is 0. The van der Waals surface area contributed by atoms with Crippen LogP contribution < -0.4 is 19.7 Å². The van der Waals surface area contributed by atoms with Gasteiger partial charge in [0.05, 0.1) is 17.2 Å². The fraction of sp³-hybridized carbons (Fsp3) is 0.179. The van der Waals surface area contributed by atoms with Gasteiger partial charge in [0.1, 0.15) is 0 Å². The summed E-state index contributed by atoms with van der Waals surface area (Å²) in [4.78, 5) is 27.6. The Hall–Kier alpha value is -3.33. The number of carbonyl (C=O) groups excluding carboxylic acids is 2. The summed E-state index contributed by atoms with van der Waals surface area (Å²) in [5.74, 6) is 0.387. The third-order valence-electron chi connectivity index (χ3n) is 5.43. The van der Waals surface area contributed by atoms with E-state index < -0.39 is 0 Å². The molecule has 0 aromatic heterocycles.